The van der Waals surface area contributed by atoms with Crippen molar-refractivity contribution >= 4 is 11.8 Å². The van der Waals surface area contributed by atoms with Crippen molar-refractivity contribution in [3.8, 4) is 0 Å². The van der Waals surface area contributed by atoms with Crippen LogP contribution in [0.2, 0.25) is 0 Å². The summed E-state index contributed by atoms with van der Waals surface area (Å²) < 4.78 is 4.94. The minimum atomic E-state index is -0.539. The van der Waals surface area contributed by atoms with Crippen LogP contribution in [0.3, 0.4) is 0 Å². The van der Waals surface area contributed by atoms with Gasteiger partial charge in [-0.2, -0.15) is 0 Å². The van der Waals surface area contributed by atoms with Gasteiger partial charge in [-0.1, -0.05) is 19.8 Å². The summed E-state index contributed by atoms with van der Waals surface area (Å²) in [5, 5.41) is 3.24. The van der Waals surface area contributed by atoms with E-state index in [0.29, 0.717) is 13.0 Å². The summed E-state index contributed by atoms with van der Waals surface area (Å²) in [5.74, 6) is -0.867. The molecule has 1 aliphatic carbocycles. The van der Waals surface area contributed by atoms with Crippen LogP contribution in [-0.2, 0) is 14.3 Å². The van der Waals surface area contributed by atoms with Gasteiger partial charge in [-0.25, -0.2) is 0 Å². The molecule has 1 aliphatic rings. The summed E-state index contributed by atoms with van der Waals surface area (Å²) in [7, 11) is 0. The minimum absolute atomic E-state index is 0.0193. The molecule has 0 bridgehead atoms. The van der Waals surface area contributed by atoms with Gasteiger partial charge in [0.1, 0.15) is 5.92 Å². The van der Waals surface area contributed by atoms with Gasteiger partial charge in [0.05, 0.1) is 12.6 Å². The topological polar surface area (TPSA) is 55.4 Å². The summed E-state index contributed by atoms with van der Waals surface area (Å²) in [5.41, 5.74) is 0. The molecule has 0 radical (unpaired) electrons. The Labute approximate surface area is 103 Å². The van der Waals surface area contributed by atoms with E-state index in [0.717, 1.165) is 32.2 Å². The average Bonchev–Trinajstić information content (AvgIpc) is 2.32. The monoisotopic (exact) mass is 241 g/mol. The van der Waals surface area contributed by atoms with Crippen LogP contribution in [0.15, 0.2) is 0 Å². The fourth-order valence-electron chi connectivity index (χ4n) is 2.19. The van der Waals surface area contributed by atoms with E-state index in [1.54, 1.807) is 6.92 Å². The zero-order valence-corrected chi connectivity index (χ0v) is 10.8. The molecule has 0 aromatic heterocycles. The standard InChI is InChI=1S/C13H23NO3/c1-3-5-9-14-11-8-6-7-10(12(11)15)13(16)17-4-2/h10-11,14H,3-9H2,1-2H3. The molecule has 17 heavy (non-hydrogen) atoms. The number of carbonyl (C=O) groups is 2. The first-order valence-corrected chi connectivity index (χ1v) is 6.64. The van der Waals surface area contributed by atoms with Crippen molar-refractivity contribution in [2.24, 2.45) is 5.92 Å². The molecular weight excluding hydrogens is 218 g/mol. The van der Waals surface area contributed by atoms with Gasteiger partial charge in [-0.3, -0.25) is 9.59 Å². The zero-order valence-electron chi connectivity index (χ0n) is 10.8. The Hall–Kier alpha value is -0.900. The van der Waals surface area contributed by atoms with E-state index in [1.165, 1.54) is 0 Å². The molecule has 0 amide bonds. The molecule has 0 saturated heterocycles. The van der Waals surface area contributed by atoms with Crippen LogP contribution < -0.4 is 5.32 Å². The third-order valence-electron chi connectivity index (χ3n) is 3.16. The number of ether oxygens (including phenoxy) is 1. The summed E-state index contributed by atoms with van der Waals surface area (Å²) in [6.07, 6.45) is 4.57. The minimum Gasteiger partial charge on any atom is -0.465 e. The van der Waals surface area contributed by atoms with E-state index < -0.39 is 5.92 Å². The SMILES string of the molecule is CCCCNC1CCCC(C(=O)OCC)C1=O. The second kappa shape index (κ2) is 7.43. The highest BCUT2D eigenvalue weighted by atomic mass is 16.5. The molecule has 0 aromatic carbocycles. The summed E-state index contributed by atoms with van der Waals surface area (Å²) in [6.45, 7) is 5.08. The van der Waals surface area contributed by atoms with E-state index in [-0.39, 0.29) is 17.8 Å². The lowest BCUT2D eigenvalue weighted by atomic mass is 9.84. The van der Waals surface area contributed by atoms with Gasteiger partial charge >= 0.3 is 5.97 Å². The number of esters is 1. The largest absolute Gasteiger partial charge is 0.465 e. The molecule has 0 heterocycles. The van der Waals surface area contributed by atoms with E-state index in [9.17, 15) is 9.59 Å². The first-order chi connectivity index (χ1) is 8.20. The Morgan fingerprint density at radius 1 is 1.41 bits per heavy atom. The van der Waals surface area contributed by atoms with Crippen LogP contribution in [0.5, 0.6) is 0 Å². The molecule has 1 fully saturated rings. The van der Waals surface area contributed by atoms with Crippen molar-refractivity contribution in [3.63, 3.8) is 0 Å². The Morgan fingerprint density at radius 2 is 2.18 bits per heavy atom. The number of carbonyl (C=O) groups excluding carboxylic acids is 2. The molecule has 2 unspecified atom stereocenters. The summed E-state index contributed by atoms with van der Waals surface area (Å²) >= 11 is 0. The first-order valence-electron chi connectivity index (χ1n) is 6.64. The van der Waals surface area contributed by atoms with Gasteiger partial charge in [-0.15, -0.1) is 0 Å². The maximum Gasteiger partial charge on any atom is 0.316 e. The maximum absolute atomic E-state index is 12.1. The number of hydrogen-bond donors (Lipinski definition) is 1. The van der Waals surface area contributed by atoms with E-state index in [2.05, 4.69) is 12.2 Å². The van der Waals surface area contributed by atoms with Gasteiger partial charge in [0.15, 0.2) is 5.78 Å². The van der Waals surface area contributed by atoms with Crippen LogP contribution in [0.1, 0.15) is 46.0 Å². The molecule has 1 N–H and O–H groups in total. The molecule has 1 saturated carbocycles. The van der Waals surface area contributed by atoms with E-state index in [4.69, 9.17) is 4.74 Å². The predicted octanol–water partition coefficient (Wildman–Crippen LogP) is 1.68. The van der Waals surface area contributed by atoms with Crippen LogP contribution in [0.4, 0.5) is 0 Å². The van der Waals surface area contributed by atoms with Crippen LogP contribution in [-0.4, -0.2) is 30.9 Å². The number of Topliss-reactive ketones (excluding diaryl/α,β-unsaturated/α-hetero) is 1. The molecule has 2 atom stereocenters. The van der Waals surface area contributed by atoms with Crippen molar-refractivity contribution in [1.82, 2.24) is 5.32 Å². The summed E-state index contributed by atoms with van der Waals surface area (Å²) in [4.78, 5) is 23.7. The molecule has 4 heteroatoms. The lowest BCUT2D eigenvalue weighted by Gasteiger charge is -2.27. The lowest BCUT2D eigenvalue weighted by molar-refractivity contribution is -0.153. The zero-order chi connectivity index (χ0) is 12.7. The molecule has 0 spiro atoms. The highest BCUT2D eigenvalue weighted by molar-refractivity contribution is 6.02. The van der Waals surface area contributed by atoms with Crippen molar-refractivity contribution in [1.29, 1.82) is 0 Å². The van der Waals surface area contributed by atoms with Gasteiger partial charge in [0.25, 0.3) is 0 Å². The second-order valence-electron chi connectivity index (χ2n) is 4.50. The molecule has 1 rings (SSSR count). The Kier molecular flexibility index (Phi) is 6.19. The fraction of sp³-hybridized carbons (Fsp3) is 0.846. The highest BCUT2D eigenvalue weighted by Crippen LogP contribution is 2.22. The maximum atomic E-state index is 12.1. The highest BCUT2D eigenvalue weighted by Gasteiger charge is 2.36. The number of nitrogens with one attached hydrogen (secondary N) is 1. The van der Waals surface area contributed by atoms with E-state index in [1.807, 2.05) is 0 Å². The third-order valence-corrected chi connectivity index (χ3v) is 3.16. The van der Waals surface area contributed by atoms with Crippen molar-refractivity contribution in [3.05, 3.63) is 0 Å². The van der Waals surface area contributed by atoms with Crippen LogP contribution in [0.25, 0.3) is 0 Å². The third kappa shape index (κ3) is 4.11. The number of unbranched alkanes of at least 4 members (excludes halogenated alkanes) is 1. The Morgan fingerprint density at radius 3 is 2.82 bits per heavy atom. The summed E-state index contributed by atoms with van der Waals surface area (Å²) in [6, 6.07) is -0.148. The number of hydrogen-bond acceptors (Lipinski definition) is 4. The first kappa shape index (κ1) is 14.2. The normalized spacial score (nSPS) is 24.7. The predicted molar refractivity (Wildman–Crippen MR) is 65.7 cm³/mol. The van der Waals surface area contributed by atoms with Crippen molar-refractivity contribution in [2.45, 2.75) is 52.0 Å². The average molecular weight is 241 g/mol. The van der Waals surface area contributed by atoms with Crippen molar-refractivity contribution in [2.75, 3.05) is 13.2 Å². The van der Waals surface area contributed by atoms with Crippen molar-refractivity contribution < 1.29 is 14.3 Å². The molecule has 0 aliphatic heterocycles. The van der Waals surface area contributed by atoms with E-state index >= 15 is 0 Å². The fourth-order valence-corrected chi connectivity index (χ4v) is 2.19. The number of ketones is 1. The molecule has 98 valence electrons. The molecular formula is C13H23NO3. The molecule has 0 aromatic rings. The van der Waals surface area contributed by atoms with Crippen LogP contribution >= 0.6 is 0 Å². The number of rotatable bonds is 6. The van der Waals surface area contributed by atoms with Gasteiger partial charge in [0.2, 0.25) is 0 Å². The quantitative estimate of drug-likeness (QED) is 0.437. The van der Waals surface area contributed by atoms with Gasteiger partial charge < -0.3 is 10.1 Å². The molecule has 4 nitrogen and oxygen atoms in total. The smallest absolute Gasteiger partial charge is 0.316 e. The van der Waals surface area contributed by atoms with Gasteiger partial charge in [-0.05, 0) is 32.7 Å². The Bertz CT molecular complexity index is 265. The van der Waals surface area contributed by atoms with Gasteiger partial charge in [0, 0.05) is 0 Å². The van der Waals surface area contributed by atoms with Crippen LogP contribution in [0, 0.1) is 5.92 Å². The lowest BCUT2D eigenvalue weighted by Crippen LogP contribution is -2.46. The Balaban J connectivity index is 2.47. The second-order valence-corrected chi connectivity index (χ2v) is 4.50.